The van der Waals surface area contributed by atoms with Crippen LogP contribution in [0.5, 0.6) is 0 Å². The third kappa shape index (κ3) is 11.7. The predicted molar refractivity (Wildman–Crippen MR) is 112 cm³/mol. The fraction of sp³-hybridized carbons (Fsp3) is 0.647. The van der Waals surface area contributed by atoms with Crippen molar-refractivity contribution in [3.05, 3.63) is 35.4 Å². The summed E-state index contributed by atoms with van der Waals surface area (Å²) in [5.74, 6) is 0. The summed E-state index contributed by atoms with van der Waals surface area (Å²) in [6.45, 7) is 9.35. The van der Waals surface area contributed by atoms with E-state index in [0.29, 0.717) is 6.54 Å². The van der Waals surface area contributed by atoms with Gasteiger partial charge < -0.3 is 32.5 Å². The molecule has 1 heterocycles. The molecule has 6 nitrogen and oxygen atoms in total. The predicted octanol–water partition coefficient (Wildman–Crippen LogP) is 1.79. The maximum Gasteiger partial charge on any atom is 0.0912 e. The number of likely N-dealkylation sites (N-methyl/N-ethyl adjacent to an activating group) is 1. The topological polar surface area (TPSA) is 114 Å². The molecule has 1 aromatic carbocycles. The Morgan fingerprint density at radius 1 is 1.04 bits per heavy atom. The lowest BCUT2D eigenvalue weighted by Crippen LogP contribution is -2.44. The molecule has 0 bridgehead atoms. The molecule has 1 fully saturated rings. The molecule has 1 aliphatic rings. The lowest BCUT2D eigenvalue weighted by Gasteiger charge is -2.31. The van der Waals surface area contributed by atoms with Crippen LogP contribution in [0.3, 0.4) is 0 Å². The van der Waals surface area contributed by atoms with Gasteiger partial charge in [0.25, 0.3) is 0 Å². The number of rotatable bonds is 5. The van der Waals surface area contributed by atoms with E-state index in [9.17, 15) is 5.11 Å². The third-order valence-corrected chi connectivity index (χ3v) is 3.96. The van der Waals surface area contributed by atoms with Gasteiger partial charge in [-0.15, -0.1) is 24.8 Å². The Morgan fingerprint density at radius 3 is 1.96 bits per heavy atom. The molecule has 1 aromatic rings. The number of aliphatic hydroxyl groups excluding tert-OH is 1. The van der Waals surface area contributed by atoms with E-state index >= 15 is 0 Å². The molecule has 1 saturated heterocycles. The van der Waals surface area contributed by atoms with Crippen LogP contribution in [0.4, 0.5) is 0 Å². The average molecular weight is 398 g/mol. The van der Waals surface area contributed by atoms with Crippen molar-refractivity contribution >= 4 is 24.8 Å². The van der Waals surface area contributed by atoms with Crippen molar-refractivity contribution in [2.75, 3.05) is 46.3 Å². The number of nitrogens with zero attached hydrogens (tertiary/aromatic N) is 2. The first-order valence-corrected chi connectivity index (χ1v) is 8.18. The number of benzene rings is 1. The average Bonchev–Trinajstić information content (AvgIpc) is 2.57. The second-order valence-corrected chi connectivity index (χ2v) is 5.84. The van der Waals surface area contributed by atoms with Crippen molar-refractivity contribution in [2.45, 2.75) is 26.0 Å². The van der Waals surface area contributed by atoms with Crippen LogP contribution < -0.4 is 17.6 Å². The van der Waals surface area contributed by atoms with Gasteiger partial charge in [0.1, 0.15) is 0 Å². The van der Waals surface area contributed by atoms with Gasteiger partial charge in [-0.05, 0) is 31.1 Å². The zero-order valence-corrected chi connectivity index (χ0v) is 17.2. The number of hydrogen-bond donors (Lipinski definition) is 4. The van der Waals surface area contributed by atoms with Crippen molar-refractivity contribution in [3.8, 4) is 0 Å². The summed E-state index contributed by atoms with van der Waals surface area (Å²) in [4.78, 5) is 4.94. The summed E-state index contributed by atoms with van der Waals surface area (Å²) in [5.41, 5.74) is 12.6. The standard InChI is InChI=1S/C9H14N2O.C8H18N2.2ClH.H3N/c10-5-7-1-3-8(4-2-7)9(12)6-11;1-3-4-10-7-5-9(2)6-8-10;;;/h1-4,9,12H,5-6,10-11H2;3-8H2,1-2H3;2*1H;1H3. The van der Waals surface area contributed by atoms with Gasteiger partial charge in [0.2, 0.25) is 0 Å². The van der Waals surface area contributed by atoms with Crippen molar-refractivity contribution in [2.24, 2.45) is 11.5 Å². The summed E-state index contributed by atoms with van der Waals surface area (Å²) in [5, 5.41) is 9.34. The fourth-order valence-electron chi connectivity index (χ4n) is 2.40. The van der Waals surface area contributed by atoms with Gasteiger partial charge in [-0.25, -0.2) is 0 Å². The molecule has 0 saturated carbocycles. The zero-order valence-electron chi connectivity index (χ0n) is 15.6. The van der Waals surface area contributed by atoms with Gasteiger partial charge in [-0.3, -0.25) is 0 Å². The molecule has 150 valence electrons. The molecule has 8 N–H and O–H groups in total. The van der Waals surface area contributed by atoms with E-state index in [2.05, 4.69) is 23.8 Å². The number of aliphatic hydroxyl groups is 1. The molecule has 25 heavy (non-hydrogen) atoms. The Balaban J connectivity index is -0.000000350. The highest BCUT2D eigenvalue weighted by atomic mass is 35.5. The maximum atomic E-state index is 9.34. The highest BCUT2D eigenvalue weighted by molar-refractivity contribution is 5.85. The van der Waals surface area contributed by atoms with E-state index in [1.165, 1.54) is 39.1 Å². The molecule has 1 atom stereocenters. The molecule has 0 aromatic heterocycles. The monoisotopic (exact) mass is 397 g/mol. The Morgan fingerprint density at radius 2 is 1.56 bits per heavy atom. The number of halogens is 2. The van der Waals surface area contributed by atoms with Crippen LogP contribution >= 0.6 is 24.8 Å². The van der Waals surface area contributed by atoms with Crippen LogP contribution in [0.1, 0.15) is 30.6 Å². The molecule has 1 aliphatic heterocycles. The molecule has 0 aliphatic carbocycles. The van der Waals surface area contributed by atoms with Crippen LogP contribution in [0.25, 0.3) is 0 Å². The third-order valence-electron chi connectivity index (χ3n) is 3.96. The lowest BCUT2D eigenvalue weighted by molar-refractivity contribution is 0.154. The van der Waals surface area contributed by atoms with Crippen LogP contribution in [-0.4, -0.2) is 61.2 Å². The molecule has 8 heteroatoms. The number of piperazine rings is 1. The van der Waals surface area contributed by atoms with E-state index < -0.39 is 6.10 Å². The minimum absolute atomic E-state index is 0. The van der Waals surface area contributed by atoms with Crippen molar-refractivity contribution in [3.63, 3.8) is 0 Å². The summed E-state index contributed by atoms with van der Waals surface area (Å²) in [6, 6.07) is 7.49. The van der Waals surface area contributed by atoms with Crippen LogP contribution in [0.15, 0.2) is 24.3 Å². The fourth-order valence-corrected chi connectivity index (χ4v) is 2.40. The molecule has 0 spiro atoms. The highest BCUT2D eigenvalue weighted by Gasteiger charge is 2.11. The molecule has 0 amide bonds. The van der Waals surface area contributed by atoms with Gasteiger partial charge in [-0.1, -0.05) is 31.2 Å². The van der Waals surface area contributed by atoms with Gasteiger partial charge in [0.05, 0.1) is 6.10 Å². The summed E-state index contributed by atoms with van der Waals surface area (Å²) in [6.07, 6.45) is 0.737. The van der Waals surface area contributed by atoms with Crippen LogP contribution in [0, 0.1) is 0 Å². The molecular weight excluding hydrogens is 361 g/mol. The Labute approximate surface area is 165 Å². The van der Waals surface area contributed by atoms with E-state index in [4.69, 9.17) is 11.5 Å². The minimum Gasteiger partial charge on any atom is -0.387 e. The van der Waals surface area contributed by atoms with Crippen LogP contribution in [-0.2, 0) is 6.54 Å². The maximum absolute atomic E-state index is 9.34. The quantitative estimate of drug-likeness (QED) is 0.601. The smallest absolute Gasteiger partial charge is 0.0912 e. The minimum atomic E-state index is -0.558. The summed E-state index contributed by atoms with van der Waals surface area (Å²) < 4.78 is 0. The Bertz CT molecular complexity index is 401. The first-order valence-electron chi connectivity index (χ1n) is 8.18. The van der Waals surface area contributed by atoms with Crippen molar-refractivity contribution in [1.82, 2.24) is 16.0 Å². The van der Waals surface area contributed by atoms with Gasteiger partial charge in [0.15, 0.2) is 0 Å². The van der Waals surface area contributed by atoms with Crippen molar-refractivity contribution in [1.29, 1.82) is 0 Å². The number of nitrogens with two attached hydrogens (primary N) is 2. The Kier molecular flexibility index (Phi) is 19.9. The van der Waals surface area contributed by atoms with Gasteiger partial charge >= 0.3 is 0 Å². The van der Waals surface area contributed by atoms with E-state index in [1.54, 1.807) is 0 Å². The summed E-state index contributed by atoms with van der Waals surface area (Å²) in [7, 11) is 2.20. The highest BCUT2D eigenvalue weighted by Crippen LogP contribution is 2.11. The normalized spacial score (nSPS) is 15.6. The zero-order chi connectivity index (χ0) is 16.4. The first kappa shape index (κ1) is 29.3. The number of hydrogen-bond acceptors (Lipinski definition) is 6. The van der Waals surface area contributed by atoms with Gasteiger partial charge in [0, 0.05) is 39.3 Å². The first-order chi connectivity index (χ1) is 10.6. The van der Waals surface area contributed by atoms with Crippen LogP contribution in [0.2, 0.25) is 0 Å². The second kappa shape index (κ2) is 17.0. The molecule has 2 rings (SSSR count). The van der Waals surface area contributed by atoms with E-state index in [-0.39, 0.29) is 37.5 Å². The molecular formula is C17H37Cl2N5O. The lowest BCUT2D eigenvalue weighted by atomic mass is 10.1. The van der Waals surface area contributed by atoms with Gasteiger partial charge in [-0.2, -0.15) is 0 Å². The largest absolute Gasteiger partial charge is 0.387 e. The van der Waals surface area contributed by atoms with Crippen molar-refractivity contribution < 1.29 is 5.11 Å². The Hall–Kier alpha value is -0.440. The summed E-state index contributed by atoms with van der Waals surface area (Å²) >= 11 is 0. The van der Waals surface area contributed by atoms with E-state index in [1.807, 2.05) is 24.3 Å². The molecule has 0 radical (unpaired) electrons. The SMILES string of the molecule is CCCN1CCN(C)CC1.Cl.Cl.N.NCc1ccc(C(O)CN)cc1. The molecule has 1 unspecified atom stereocenters. The second-order valence-electron chi connectivity index (χ2n) is 5.84. The van der Waals surface area contributed by atoms with E-state index in [0.717, 1.165) is 11.1 Å².